The summed E-state index contributed by atoms with van der Waals surface area (Å²) < 4.78 is 6.91. The molecule has 0 aliphatic carbocycles. The van der Waals surface area contributed by atoms with E-state index >= 15 is 0 Å². The van der Waals surface area contributed by atoms with Crippen LogP contribution in [-0.2, 0) is 0 Å². The molecule has 1 rings (SSSR count). The molecule has 1 unspecified atom stereocenters. The van der Waals surface area contributed by atoms with Gasteiger partial charge in [-0.3, -0.25) is 0 Å². The van der Waals surface area contributed by atoms with Crippen LogP contribution in [0.4, 0.5) is 0 Å². The van der Waals surface area contributed by atoms with Crippen molar-refractivity contribution in [3.05, 3.63) is 28.2 Å². The number of ether oxygens (including phenoxy) is 1. The van der Waals surface area contributed by atoms with Crippen molar-refractivity contribution in [2.75, 3.05) is 6.54 Å². The minimum atomic E-state index is 0.0815. The Morgan fingerprint density at radius 1 is 1.40 bits per heavy atom. The topological polar surface area (TPSA) is 35.2 Å². The first-order valence-corrected chi connectivity index (χ1v) is 5.96. The molecule has 1 aromatic rings. The minimum Gasteiger partial charge on any atom is -0.489 e. The molecule has 1 aromatic carbocycles. The molecule has 0 heterocycles. The summed E-state index contributed by atoms with van der Waals surface area (Å²) in [6.07, 6.45) is 0.0815. The van der Waals surface area contributed by atoms with Crippen LogP contribution in [0.5, 0.6) is 5.75 Å². The molecular weight excluding hydrogens is 254 g/mol. The lowest BCUT2D eigenvalue weighted by Crippen LogP contribution is -2.31. The van der Waals surface area contributed by atoms with Gasteiger partial charge in [0.05, 0.1) is 0 Å². The number of halogens is 1. The van der Waals surface area contributed by atoms with E-state index in [4.69, 9.17) is 10.5 Å². The highest BCUT2D eigenvalue weighted by Crippen LogP contribution is 2.24. The first-order chi connectivity index (χ1) is 7.04. The Labute approximate surface area is 99.9 Å². The Bertz CT molecular complexity index is 325. The molecule has 0 bridgehead atoms. The van der Waals surface area contributed by atoms with E-state index in [1.54, 1.807) is 0 Å². The van der Waals surface area contributed by atoms with Gasteiger partial charge in [-0.15, -0.1) is 0 Å². The molecule has 0 radical (unpaired) electrons. The van der Waals surface area contributed by atoms with E-state index in [0.29, 0.717) is 12.5 Å². The molecular formula is C12H18BrNO. The zero-order valence-corrected chi connectivity index (χ0v) is 11.0. The molecule has 3 heteroatoms. The van der Waals surface area contributed by atoms with Crippen molar-refractivity contribution in [2.45, 2.75) is 26.9 Å². The molecule has 0 fully saturated rings. The number of benzene rings is 1. The van der Waals surface area contributed by atoms with Crippen molar-refractivity contribution >= 4 is 15.9 Å². The quantitative estimate of drug-likeness (QED) is 0.914. The van der Waals surface area contributed by atoms with E-state index in [1.807, 2.05) is 25.1 Å². The summed E-state index contributed by atoms with van der Waals surface area (Å²) in [4.78, 5) is 0. The highest BCUT2D eigenvalue weighted by Gasteiger charge is 2.14. The third kappa shape index (κ3) is 3.50. The average molecular weight is 272 g/mol. The fourth-order valence-corrected chi connectivity index (χ4v) is 1.66. The summed E-state index contributed by atoms with van der Waals surface area (Å²) in [5, 5.41) is 0. The highest BCUT2D eigenvalue weighted by molar-refractivity contribution is 9.10. The van der Waals surface area contributed by atoms with Gasteiger partial charge in [0.2, 0.25) is 0 Å². The highest BCUT2D eigenvalue weighted by atomic mass is 79.9. The minimum absolute atomic E-state index is 0.0815. The van der Waals surface area contributed by atoms with Crippen molar-refractivity contribution in [1.82, 2.24) is 0 Å². The Hall–Kier alpha value is -0.540. The molecule has 2 N–H and O–H groups in total. The van der Waals surface area contributed by atoms with Gasteiger partial charge in [0, 0.05) is 11.0 Å². The molecule has 0 aliphatic rings. The molecule has 1 atom stereocenters. The van der Waals surface area contributed by atoms with Crippen LogP contribution >= 0.6 is 15.9 Å². The smallest absolute Gasteiger partial charge is 0.123 e. The molecule has 84 valence electrons. The first kappa shape index (κ1) is 12.5. The Morgan fingerprint density at radius 2 is 2.07 bits per heavy atom. The lowest BCUT2D eigenvalue weighted by molar-refractivity contribution is 0.158. The molecule has 0 saturated heterocycles. The third-order valence-corrected chi connectivity index (χ3v) is 2.90. The number of rotatable bonds is 4. The van der Waals surface area contributed by atoms with Crippen molar-refractivity contribution < 1.29 is 4.74 Å². The van der Waals surface area contributed by atoms with Crippen LogP contribution in [0.3, 0.4) is 0 Å². The third-order valence-electron chi connectivity index (χ3n) is 2.40. The van der Waals surface area contributed by atoms with Gasteiger partial charge in [-0.2, -0.15) is 0 Å². The summed E-state index contributed by atoms with van der Waals surface area (Å²) in [5.74, 6) is 1.34. The van der Waals surface area contributed by atoms with Gasteiger partial charge in [0.25, 0.3) is 0 Å². The van der Waals surface area contributed by atoms with Crippen molar-refractivity contribution in [1.29, 1.82) is 0 Å². The van der Waals surface area contributed by atoms with E-state index in [9.17, 15) is 0 Å². The normalized spacial score (nSPS) is 12.9. The van der Waals surface area contributed by atoms with Crippen LogP contribution in [0, 0.1) is 12.8 Å². The molecule has 0 aromatic heterocycles. The standard InChI is InChI=1S/C12H18BrNO/c1-8(2)12(7-14)15-11-6-10(13)5-4-9(11)3/h4-6,8,12H,7,14H2,1-3H3. The average Bonchev–Trinajstić information content (AvgIpc) is 2.18. The second kappa shape index (κ2) is 5.52. The van der Waals surface area contributed by atoms with Crippen LogP contribution in [0.1, 0.15) is 19.4 Å². The number of nitrogens with two attached hydrogens (primary N) is 1. The van der Waals surface area contributed by atoms with Crippen molar-refractivity contribution in [3.8, 4) is 5.75 Å². The molecule has 0 saturated carbocycles. The maximum atomic E-state index is 5.88. The lowest BCUT2D eigenvalue weighted by Gasteiger charge is -2.22. The fraction of sp³-hybridized carbons (Fsp3) is 0.500. The number of aryl methyl sites for hydroxylation is 1. The Morgan fingerprint density at radius 3 is 2.60 bits per heavy atom. The maximum Gasteiger partial charge on any atom is 0.123 e. The largest absolute Gasteiger partial charge is 0.489 e. The van der Waals surface area contributed by atoms with E-state index in [2.05, 4.69) is 29.8 Å². The Kier molecular flexibility index (Phi) is 4.61. The zero-order valence-electron chi connectivity index (χ0n) is 9.46. The maximum absolute atomic E-state index is 5.88. The lowest BCUT2D eigenvalue weighted by atomic mass is 10.1. The summed E-state index contributed by atoms with van der Waals surface area (Å²) in [6.45, 7) is 6.81. The van der Waals surface area contributed by atoms with Crippen LogP contribution in [0.25, 0.3) is 0 Å². The van der Waals surface area contributed by atoms with E-state index in [0.717, 1.165) is 15.8 Å². The fourth-order valence-electron chi connectivity index (χ4n) is 1.32. The molecule has 0 aliphatic heterocycles. The van der Waals surface area contributed by atoms with Gasteiger partial charge in [-0.25, -0.2) is 0 Å². The summed E-state index contributed by atoms with van der Waals surface area (Å²) >= 11 is 3.43. The molecule has 0 amide bonds. The van der Waals surface area contributed by atoms with Crippen LogP contribution < -0.4 is 10.5 Å². The van der Waals surface area contributed by atoms with Crippen molar-refractivity contribution in [3.63, 3.8) is 0 Å². The van der Waals surface area contributed by atoms with Gasteiger partial charge in [-0.05, 0) is 30.5 Å². The second-order valence-electron chi connectivity index (χ2n) is 4.05. The van der Waals surface area contributed by atoms with Gasteiger partial charge < -0.3 is 10.5 Å². The number of hydrogen-bond acceptors (Lipinski definition) is 2. The van der Waals surface area contributed by atoms with E-state index < -0.39 is 0 Å². The van der Waals surface area contributed by atoms with Gasteiger partial charge in [-0.1, -0.05) is 35.8 Å². The number of hydrogen-bond donors (Lipinski definition) is 1. The van der Waals surface area contributed by atoms with Gasteiger partial charge >= 0.3 is 0 Å². The summed E-state index contributed by atoms with van der Waals surface area (Å²) in [5.41, 5.74) is 6.81. The van der Waals surface area contributed by atoms with Crippen LogP contribution in [-0.4, -0.2) is 12.6 Å². The molecule has 2 nitrogen and oxygen atoms in total. The van der Waals surface area contributed by atoms with Crippen LogP contribution in [0.2, 0.25) is 0 Å². The van der Waals surface area contributed by atoms with Crippen LogP contribution in [0.15, 0.2) is 22.7 Å². The molecule has 0 spiro atoms. The predicted octanol–water partition coefficient (Wildman–Crippen LogP) is 3.12. The predicted molar refractivity (Wildman–Crippen MR) is 67.2 cm³/mol. The Balaban J connectivity index is 2.82. The van der Waals surface area contributed by atoms with Crippen molar-refractivity contribution in [2.24, 2.45) is 11.7 Å². The zero-order chi connectivity index (χ0) is 11.4. The van der Waals surface area contributed by atoms with Gasteiger partial charge in [0.15, 0.2) is 0 Å². The summed E-state index contributed by atoms with van der Waals surface area (Å²) in [6, 6.07) is 6.03. The van der Waals surface area contributed by atoms with E-state index in [1.165, 1.54) is 0 Å². The SMILES string of the molecule is Cc1ccc(Br)cc1OC(CN)C(C)C. The molecule has 15 heavy (non-hydrogen) atoms. The summed E-state index contributed by atoms with van der Waals surface area (Å²) in [7, 11) is 0. The van der Waals surface area contributed by atoms with E-state index in [-0.39, 0.29) is 6.10 Å². The monoisotopic (exact) mass is 271 g/mol. The first-order valence-electron chi connectivity index (χ1n) is 5.17. The second-order valence-corrected chi connectivity index (χ2v) is 4.96. The van der Waals surface area contributed by atoms with Gasteiger partial charge in [0.1, 0.15) is 11.9 Å².